The largest absolute Gasteiger partial charge is 0.463 e. The van der Waals surface area contributed by atoms with Gasteiger partial charge in [0.15, 0.2) is 0 Å². The SMILES string of the molecule is CC/C=C/CC(C(=O)Oc1ccccc1)C(C)(O)COC(C)=O. The van der Waals surface area contributed by atoms with Gasteiger partial charge in [-0.2, -0.15) is 0 Å². The number of benzene rings is 1. The first kappa shape index (κ1) is 18.9. The predicted octanol–water partition coefficient (Wildman–Crippen LogP) is 2.88. The van der Waals surface area contributed by atoms with Crippen molar-refractivity contribution in [1.82, 2.24) is 0 Å². The van der Waals surface area contributed by atoms with Crippen LogP contribution < -0.4 is 4.74 Å². The van der Waals surface area contributed by atoms with Crippen LogP contribution in [0.2, 0.25) is 0 Å². The number of para-hydroxylation sites is 1. The van der Waals surface area contributed by atoms with Crippen molar-refractivity contribution in [2.45, 2.75) is 39.2 Å². The van der Waals surface area contributed by atoms with Crippen LogP contribution in [0.25, 0.3) is 0 Å². The van der Waals surface area contributed by atoms with Gasteiger partial charge in [-0.05, 0) is 31.9 Å². The molecule has 2 atom stereocenters. The summed E-state index contributed by atoms with van der Waals surface area (Å²) in [5.41, 5.74) is -1.52. The Hall–Kier alpha value is -2.14. The summed E-state index contributed by atoms with van der Waals surface area (Å²) in [5.74, 6) is -1.51. The highest BCUT2D eigenvalue weighted by atomic mass is 16.5. The van der Waals surface area contributed by atoms with Crippen LogP contribution >= 0.6 is 0 Å². The zero-order valence-corrected chi connectivity index (χ0v) is 13.8. The highest BCUT2D eigenvalue weighted by molar-refractivity contribution is 5.76. The lowest BCUT2D eigenvalue weighted by molar-refractivity contribution is -0.161. The third-order valence-corrected chi connectivity index (χ3v) is 3.34. The van der Waals surface area contributed by atoms with Gasteiger partial charge in [0.25, 0.3) is 0 Å². The monoisotopic (exact) mass is 320 g/mol. The maximum absolute atomic E-state index is 12.4. The lowest BCUT2D eigenvalue weighted by atomic mass is 9.87. The Morgan fingerprint density at radius 1 is 1.26 bits per heavy atom. The molecule has 0 aliphatic carbocycles. The predicted molar refractivity (Wildman–Crippen MR) is 86.9 cm³/mol. The Bertz CT molecular complexity index is 534. The molecular formula is C18H24O5. The number of ether oxygens (including phenoxy) is 2. The molecule has 0 aromatic heterocycles. The van der Waals surface area contributed by atoms with Gasteiger partial charge in [0, 0.05) is 6.92 Å². The minimum atomic E-state index is -1.52. The third-order valence-electron chi connectivity index (χ3n) is 3.34. The van der Waals surface area contributed by atoms with E-state index < -0.39 is 23.5 Å². The summed E-state index contributed by atoms with van der Waals surface area (Å²) in [6.07, 6.45) is 4.85. The number of hydrogen-bond acceptors (Lipinski definition) is 5. The maximum atomic E-state index is 12.4. The van der Waals surface area contributed by atoms with E-state index in [0.717, 1.165) is 6.42 Å². The number of rotatable bonds is 8. The van der Waals surface area contributed by atoms with Gasteiger partial charge < -0.3 is 14.6 Å². The second-order valence-corrected chi connectivity index (χ2v) is 5.54. The Morgan fingerprint density at radius 2 is 1.91 bits per heavy atom. The van der Waals surface area contributed by atoms with Gasteiger partial charge in [0.05, 0.1) is 5.92 Å². The summed E-state index contributed by atoms with van der Waals surface area (Å²) in [7, 11) is 0. The smallest absolute Gasteiger partial charge is 0.317 e. The number of carbonyl (C=O) groups excluding carboxylic acids is 2. The Labute approximate surface area is 136 Å². The second kappa shape index (κ2) is 9.10. The quantitative estimate of drug-likeness (QED) is 0.453. The molecule has 0 aliphatic rings. The highest BCUT2D eigenvalue weighted by Crippen LogP contribution is 2.25. The molecule has 0 aliphatic heterocycles. The molecule has 1 rings (SSSR count). The number of allylic oxidation sites excluding steroid dienone is 2. The van der Waals surface area contributed by atoms with Crippen molar-refractivity contribution < 1.29 is 24.2 Å². The van der Waals surface area contributed by atoms with Crippen molar-refractivity contribution in [1.29, 1.82) is 0 Å². The van der Waals surface area contributed by atoms with Crippen molar-refractivity contribution in [3.8, 4) is 5.75 Å². The number of hydrogen-bond donors (Lipinski definition) is 1. The van der Waals surface area contributed by atoms with E-state index in [2.05, 4.69) is 0 Å². The molecule has 2 unspecified atom stereocenters. The van der Waals surface area contributed by atoms with Crippen molar-refractivity contribution in [3.05, 3.63) is 42.5 Å². The van der Waals surface area contributed by atoms with Crippen molar-refractivity contribution in [2.24, 2.45) is 5.92 Å². The number of carbonyl (C=O) groups is 2. The van der Waals surface area contributed by atoms with E-state index >= 15 is 0 Å². The maximum Gasteiger partial charge on any atom is 0.317 e. The summed E-state index contributed by atoms with van der Waals surface area (Å²) in [4.78, 5) is 23.4. The lowest BCUT2D eigenvalue weighted by Crippen LogP contribution is -2.45. The molecule has 126 valence electrons. The molecule has 0 saturated heterocycles. The van der Waals surface area contributed by atoms with Crippen molar-refractivity contribution >= 4 is 11.9 Å². The summed E-state index contributed by atoms with van der Waals surface area (Å²) in [5, 5.41) is 10.6. The van der Waals surface area contributed by atoms with E-state index in [0.29, 0.717) is 12.2 Å². The molecule has 0 heterocycles. The van der Waals surface area contributed by atoms with Crippen LogP contribution in [0.5, 0.6) is 5.75 Å². The summed E-state index contributed by atoms with van der Waals surface area (Å²) >= 11 is 0. The minimum Gasteiger partial charge on any atom is -0.463 e. The Kier molecular flexibility index (Phi) is 7.48. The molecule has 0 radical (unpaired) electrons. The molecular weight excluding hydrogens is 296 g/mol. The fourth-order valence-corrected chi connectivity index (χ4v) is 2.03. The first-order valence-electron chi connectivity index (χ1n) is 7.64. The molecule has 0 spiro atoms. The molecule has 5 nitrogen and oxygen atoms in total. The number of esters is 2. The number of aliphatic hydroxyl groups is 1. The zero-order chi connectivity index (χ0) is 17.3. The molecule has 0 fully saturated rings. The zero-order valence-electron chi connectivity index (χ0n) is 13.8. The summed E-state index contributed by atoms with van der Waals surface area (Å²) < 4.78 is 10.2. The van der Waals surface area contributed by atoms with Gasteiger partial charge in [-0.3, -0.25) is 9.59 Å². The van der Waals surface area contributed by atoms with Crippen molar-refractivity contribution in [3.63, 3.8) is 0 Å². The first-order chi connectivity index (χ1) is 10.9. The van der Waals surface area contributed by atoms with Crippen LogP contribution in [0, 0.1) is 5.92 Å². The highest BCUT2D eigenvalue weighted by Gasteiger charge is 2.39. The van der Waals surface area contributed by atoms with Gasteiger partial charge in [0.2, 0.25) is 0 Å². The molecule has 1 aromatic carbocycles. The van der Waals surface area contributed by atoms with E-state index in [1.165, 1.54) is 13.8 Å². The fourth-order valence-electron chi connectivity index (χ4n) is 2.03. The van der Waals surface area contributed by atoms with Gasteiger partial charge in [-0.1, -0.05) is 37.3 Å². The van der Waals surface area contributed by atoms with Crippen LogP contribution in [0.15, 0.2) is 42.5 Å². The first-order valence-corrected chi connectivity index (χ1v) is 7.64. The van der Waals surface area contributed by atoms with Crippen molar-refractivity contribution in [2.75, 3.05) is 6.61 Å². The average molecular weight is 320 g/mol. The molecule has 0 amide bonds. The van der Waals surface area contributed by atoms with Gasteiger partial charge >= 0.3 is 11.9 Å². The van der Waals surface area contributed by atoms with E-state index in [-0.39, 0.29) is 6.61 Å². The molecule has 0 bridgehead atoms. The van der Waals surface area contributed by atoms with Crippen LogP contribution in [-0.2, 0) is 14.3 Å². The molecule has 1 N–H and O–H groups in total. The molecule has 23 heavy (non-hydrogen) atoms. The standard InChI is InChI=1S/C18H24O5/c1-4-5-7-12-16(18(3,21)13-22-14(2)19)17(20)23-15-10-8-6-9-11-15/h5-11,16,21H,4,12-13H2,1-3H3/b7-5+. The Morgan fingerprint density at radius 3 is 2.48 bits per heavy atom. The van der Waals surface area contributed by atoms with E-state index in [1.54, 1.807) is 24.3 Å². The van der Waals surface area contributed by atoms with E-state index in [4.69, 9.17) is 9.47 Å². The normalized spacial score (nSPS) is 15.0. The second-order valence-electron chi connectivity index (χ2n) is 5.54. The van der Waals surface area contributed by atoms with E-state index in [9.17, 15) is 14.7 Å². The van der Waals surface area contributed by atoms with Gasteiger partial charge in [-0.25, -0.2) is 0 Å². The van der Waals surface area contributed by atoms with Gasteiger partial charge in [-0.15, -0.1) is 0 Å². The topological polar surface area (TPSA) is 72.8 Å². The summed E-state index contributed by atoms with van der Waals surface area (Å²) in [6.45, 7) is 4.43. The Balaban J connectivity index is 2.87. The average Bonchev–Trinajstić information content (AvgIpc) is 2.50. The van der Waals surface area contributed by atoms with E-state index in [1.807, 2.05) is 25.1 Å². The third kappa shape index (κ3) is 6.65. The van der Waals surface area contributed by atoms with Crippen LogP contribution in [0.3, 0.4) is 0 Å². The molecule has 0 saturated carbocycles. The van der Waals surface area contributed by atoms with Crippen LogP contribution in [0.1, 0.15) is 33.6 Å². The fraction of sp³-hybridized carbons (Fsp3) is 0.444. The lowest BCUT2D eigenvalue weighted by Gasteiger charge is -2.30. The van der Waals surface area contributed by atoms with Crippen LogP contribution in [0.4, 0.5) is 0 Å². The molecule has 5 heteroatoms. The molecule has 1 aromatic rings. The summed E-state index contributed by atoms with van der Waals surface area (Å²) in [6, 6.07) is 8.65. The van der Waals surface area contributed by atoms with Gasteiger partial charge in [0.1, 0.15) is 18.0 Å². The van der Waals surface area contributed by atoms with Crippen LogP contribution in [-0.4, -0.2) is 29.3 Å². The minimum absolute atomic E-state index is 0.267.